The van der Waals surface area contributed by atoms with Gasteiger partial charge in [-0.25, -0.2) is 9.97 Å². The van der Waals surface area contributed by atoms with E-state index in [9.17, 15) is 4.79 Å². The minimum Gasteiger partial charge on any atom is -0.351 e. The molecular weight excluding hydrogens is 304 g/mol. The van der Waals surface area contributed by atoms with Crippen molar-refractivity contribution in [1.82, 2.24) is 24.6 Å². The number of carbonyl (C=O) groups excluding carboxylic acids is 1. The molecule has 0 aliphatic carbocycles. The molecular formula is C17H24N6O. The van der Waals surface area contributed by atoms with E-state index in [-0.39, 0.29) is 5.91 Å². The number of anilines is 1. The van der Waals surface area contributed by atoms with Gasteiger partial charge in [0.05, 0.1) is 5.69 Å². The van der Waals surface area contributed by atoms with Crippen molar-refractivity contribution in [2.45, 2.75) is 38.6 Å². The lowest BCUT2D eigenvalue weighted by Crippen LogP contribution is -2.43. The van der Waals surface area contributed by atoms with Gasteiger partial charge in [0.2, 0.25) is 5.95 Å². The lowest BCUT2D eigenvalue weighted by Gasteiger charge is -2.32. The van der Waals surface area contributed by atoms with Gasteiger partial charge in [-0.05, 0) is 31.4 Å². The van der Waals surface area contributed by atoms with Gasteiger partial charge in [-0.2, -0.15) is 5.10 Å². The quantitative estimate of drug-likeness (QED) is 0.907. The van der Waals surface area contributed by atoms with Crippen LogP contribution in [0.25, 0.3) is 0 Å². The van der Waals surface area contributed by atoms with Gasteiger partial charge in [0.1, 0.15) is 5.69 Å². The van der Waals surface area contributed by atoms with Crippen LogP contribution in [0.4, 0.5) is 5.95 Å². The molecule has 1 aliphatic rings. The third kappa shape index (κ3) is 3.72. The Kier molecular flexibility index (Phi) is 5.08. The van der Waals surface area contributed by atoms with Crippen LogP contribution in [-0.2, 0) is 13.5 Å². The molecule has 1 amide bonds. The Labute approximate surface area is 142 Å². The van der Waals surface area contributed by atoms with Crippen LogP contribution in [0.3, 0.4) is 0 Å². The third-order valence-corrected chi connectivity index (χ3v) is 4.34. The van der Waals surface area contributed by atoms with Crippen LogP contribution in [0.2, 0.25) is 0 Å². The molecule has 1 N–H and O–H groups in total. The summed E-state index contributed by atoms with van der Waals surface area (Å²) in [5.41, 5.74) is 1.66. The van der Waals surface area contributed by atoms with E-state index in [0.29, 0.717) is 17.7 Å². The average molecular weight is 328 g/mol. The summed E-state index contributed by atoms with van der Waals surface area (Å²) in [6, 6.07) is 4.03. The highest BCUT2D eigenvalue weighted by atomic mass is 16.2. The highest BCUT2D eigenvalue weighted by Gasteiger charge is 2.26. The van der Waals surface area contributed by atoms with Gasteiger partial charge >= 0.3 is 0 Å². The SMILES string of the molecule is CCCc1cc(C(=O)N2CCC(Nc3ncccn3)CC2)n(C)n1. The Morgan fingerprint density at radius 3 is 2.67 bits per heavy atom. The van der Waals surface area contributed by atoms with Gasteiger partial charge in [0, 0.05) is 38.6 Å². The second-order valence-electron chi connectivity index (χ2n) is 6.18. The second-order valence-corrected chi connectivity index (χ2v) is 6.18. The highest BCUT2D eigenvalue weighted by Crippen LogP contribution is 2.17. The van der Waals surface area contributed by atoms with Crippen LogP contribution in [0.5, 0.6) is 0 Å². The number of rotatable bonds is 5. The fraction of sp³-hybridized carbons (Fsp3) is 0.529. The molecule has 0 atom stereocenters. The first-order valence-electron chi connectivity index (χ1n) is 8.53. The molecule has 0 radical (unpaired) electrons. The number of hydrogen-bond acceptors (Lipinski definition) is 5. The topological polar surface area (TPSA) is 75.9 Å². The molecule has 1 aliphatic heterocycles. The molecule has 128 valence electrons. The predicted molar refractivity (Wildman–Crippen MR) is 91.8 cm³/mol. The first-order chi connectivity index (χ1) is 11.7. The van der Waals surface area contributed by atoms with Gasteiger partial charge < -0.3 is 10.2 Å². The van der Waals surface area contributed by atoms with E-state index in [1.54, 1.807) is 23.1 Å². The van der Waals surface area contributed by atoms with E-state index < -0.39 is 0 Å². The Balaban J connectivity index is 1.57. The molecule has 1 fully saturated rings. The number of nitrogens with one attached hydrogen (secondary N) is 1. The van der Waals surface area contributed by atoms with E-state index in [1.165, 1.54) is 0 Å². The molecule has 0 aromatic carbocycles. The Morgan fingerprint density at radius 1 is 1.29 bits per heavy atom. The highest BCUT2D eigenvalue weighted by molar-refractivity contribution is 5.92. The van der Waals surface area contributed by atoms with Gasteiger partial charge in [-0.1, -0.05) is 13.3 Å². The van der Waals surface area contributed by atoms with E-state index in [1.807, 2.05) is 18.0 Å². The Bertz CT molecular complexity index is 676. The molecule has 0 spiro atoms. The molecule has 7 heteroatoms. The maximum absolute atomic E-state index is 12.7. The molecule has 1 saturated heterocycles. The molecule has 0 saturated carbocycles. The Morgan fingerprint density at radius 2 is 2.00 bits per heavy atom. The molecule has 0 unspecified atom stereocenters. The number of nitrogens with zero attached hydrogens (tertiary/aromatic N) is 5. The number of amides is 1. The summed E-state index contributed by atoms with van der Waals surface area (Å²) in [6.45, 7) is 3.58. The summed E-state index contributed by atoms with van der Waals surface area (Å²) in [5, 5.41) is 7.76. The van der Waals surface area contributed by atoms with Gasteiger partial charge in [0.15, 0.2) is 0 Å². The summed E-state index contributed by atoms with van der Waals surface area (Å²) >= 11 is 0. The molecule has 0 bridgehead atoms. The molecule has 3 rings (SSSR count). The largest absolute Gasteiger partial charge is 0.351 e. The van der Waals surface area contributed by atoms with Crippen molar-refractivity contribution in [2.75, 3.05) is 18.4 Å². The van der Waals surface area contributed by atoms with Crippen LogP contribution >= 0.6 is 0 Å². The first-order valence-corrected chi connectivity index (χ1v) is 8.53. The minimum atomic E-state index is 0.0711. The normalized spacial score (nSPS) is 15.5. The summed E-state index contributed by atoms with van der Waals surface area (Å²) in [7, 11) is 1.84. The van der Waals surface area contributed by atoms with E-state index in [0.717, 1.165) is 44.5 Å². The lowest BCUT2D eigenvalue weighted by atomic mass is 10.0. The van der Waals surface area contributed by atoms with Crippen molar-refractivity contribution in [2.24, 2.45) is 7.05 Å². The van der Waals surface area contributed by atoms with Crippen molar-refractivity contribution in [1.29, 1.82) is 0 Å². The lowest BCUT2D eigenvalue weighted by molar-refractivity contribution is 0.0707. The maximum Gasteiger partial charge on any atom is 0.272 e. The number of piperidine rings is 1. The number of aromatic nitrogens is 4. The first kappa shape index (κ1) is 16.4. The van der Waals surface area contributed by atoms with E-state index >= 15 is 0 Å². The molecule has 24 heavy (non-hydrogen) atoms. The van der Waals surface area contributed by atoms with Crippen molar-refractivity contribution in [3.05, 3.63) is 35.9 Å². The van der Waals surface area contributed by atoms with E-state index in [2.05, 4.69) is 27.3 Å². The molecule has 7 nitrogen and oxygen atoms in total. The zero-order valence-electron chi connectivity index (χ0n) is 14.3. The second kappa shape index (κ2) is 7.42. The number of hydrogen-bond donors (Lipinski definition) is 1. The average Bonchev–Trinajstić information content (AvgIpc) is 2.97. The third-order valence-electron chi connectivity index (χ3n) is 4.34. The monoisotopic (exact) mass is 328 g/mol. The van der Waals surface area contributed by atoms with Crippen LogP contribution in [0.1, 0.15) is 42.4 Å². The van der Waals surface area contributed by atoms with Gasteiger partial charge in [-0.3, -0.25) is 9.48 Å². The van der Waals surface area contributed by atoms with Crippen LogP contribution in [0.15, 0.2) is 24.5 Å². The summed E-state index contributed by atoms with van der Waals surface area (Å²) < 4.78 is 1.70. The summed E-state index contributed by atoms with van der Waals surface area (Å²) in [5.74, 6) is 0.722. The van der Waals surface area contributed by atoms with Crippen LogP contribution < -0.4 is 5.32 Å². The van der Waals surface area contributed by atoms with Crippen molar-refractivity contribution in [3.8, 4) is 0 Å². The summed E-state index contributed by atoms with van der Waals surface area (Å²) in [6.07, 6.45) is 7.18. The zero-order chi connectivity index (χ0) is 16.9. The number of likely N-dealkylation sites (tertiary alicyclic amines) is 1. The van der Waals surface area contributed by atoms with Crippen LogP contribution in [0, 0.1) is 0 Å². The maximum atomic E-state index is 12.7. The smallest absolute Gasteiger partial charge is 0.272 e. The zero-order valence-corrected chi connectivity index (χ0v) is 14.3. The van der Waals surface area contributed by atoms with Crippen molar-refractivity contribution in [3.63, 3.8) is 0 Å². The van der Waals surface area contributed by atoms with Crippen molar-refractivity contribution < 1.29 is 4.79 Å². The fourth-order valence-electron chi connectivity index (χ4n) is 3.05. The van der Waals surface area contributed by atoms with Crippen LogP contribution in [-0.4, -0.2) is 49.7 Å². The Hall–Kier alpha value is -2.44. The van der Waals surface area contributed by atoms with E-state index in [4.69, 9.17) is 0 Å². The minimum absolute atomic E-state index is 0.0711. The number of aryl methyl sites for hydroxylation is 2. The molecule has 3 heterocycles. The standard InChI is InChI=1S/C17H24N6O/c1-3-5-14-12-15(22(2)21-14)16(24)23-10-6-13(7-11-23)20-17-18-8-4-9-19-17/h4,8-9,12-13H,3,5-7,10-11H2,1-2H3,(H,18,19,20). The predicted octanol–water partition coefficient (Wildman–Crippen LogP) is 1.88. The van der Waals surface area contributed by atoms with Crippen molar-refractivity contribution >= 4 is 11.9 Å². The van der Waals surface area contributed by atoms with Gasteiger partial charge in [0.25, 0.3) is 5.91 Å². The molecule has 2 aromatic heterocycles. The van der Waals surface area contributed by atoms with Gasteiger partial charge in [-0.15, -0.1) is 0 Å². The fourth-order valence-corrected chi connectivity index (χ4v) is 3.05. The number of carbonyl (C=O) groups is 1. The summed E-state index contributed by atoms with van der Waals surface area (Å²) in [4.78, 5) is 23.0. The molecule has 2 aromatic rings.